The Bertz CT molecular complexity index is 588. The summed E-state index contributed by atoms with van der Waals surface area (Å²) in [6.07, 6.45) is 3.29. The Morgan fingerprint density at radius 1 is 1.36 bits per heavy atom. The highest BCUT2D eigenvalue weighted by Gasteiger charge is 2.31. The number of aromatic nitrogens is 3. The molecule has 1 aromatic heterocycles. The number of hydrogen-bond donors (Lipinski definition) is 0. The van der Waals surface area contributed by atoms with Gasteiger partial charge in [0.05, 0.1) is 19.1 Å². The van der Waals surface area contributed by atoms with Crippen LogP contribution in [0.2, 0.25) is 0 Å². The van der Waals surface area contributed by atoms with Crippen molar-refractivity contribution in [2.45, 2.75) is 25.9 Å². The number of carbonyl (C=O) groups is 2. The lowest BCUT2D eigenvalue weighted by Gasteiger charge is -2.35. The summed E-state index contributed by atoms with van der Waals surface area (Å²) < 4.78 is 6.96. The lowest BCUT2D eigenvalue weighted by atomic mass is 9.97. The Labute approximate surface area is 148 Å². The number of likely N-dealkylation sites (tertiary alicyclic amines) is 1. The van der Waals surface area contributed by atoms with Crippen LogP contribution in [0.15, 0.2) is 6.33 Å². The first kappa shape index (κ1) is 19.2. The molecular formula is C16H28N6O3. The van der Waals surface area contributed by atoms with E-state index in [9.17, 15) is 9.59 Å². The fraction of sp³-hybridized carbons (Fsp3) is 0.750. The van der Waals surface area contributed by atoms with E-state index in [4.69, 9.17) is 4.74 Å². The SMILES string of the molecule is COCCn1cnnc1CN(C)C(=O)[C@H]1CCCN(C(=O)N(C)C)C1. The fourth-order valence-electron chi connectivity index (χ4n) is 3.01. The second-order valence-electron chi connectivity index (χ2n) is 6.59. The van der Waals surface area contributed by atoms with Gasteiger partial charge in [0.2, 0.25) is 5.91 Å². The van der Waals surface area contributed by atoms with E-state index in [2.05, 4.69) is 10.2 Å². The van der Waals surface area contributed by atoms with E-state index in [1.807, 2.05) is 4.57 Å². The molecule has 0 spiro atoms. The summed E-state index contributed by atoms with van der Waals surface area (Å²) in [5.41, 5.74) is 0. The predicted molar refractivity (Wildman–Crippen MR) is 91.8 cm³/mol. The van der Waals surface area contributed by atoms with Gasteiger partial charge in [-0.25, -0.2) is 4.79 Å². The van der Waals surface area contributed by atoms with E-state index in [0.717, 1.165) is 18.7 Å². The van der Waals surface area contributed by atoms with Crippen LogP contribution in [-0.4, -0.2) is 89.4 Å². The minimum atomic E-state index is -0.169. The maximum Gasteiger partial charge on any atom is 0.319 e. The van der Waals surface area contributed by atoms with Crippen molar-refractivity contribution in [1.82, 2.24) is 29.5 Å². The van der Waals surface area contributed by atoms with Crippen molar-refractivity contribution < 1.29 is 14.3 Å². The van der Waals surface area contributed by atoms with Crippen LogP contribution in [-0.2, 0) is 22.6 Å². The third kappa shape index (κ3) is 4.91. The number of amides is 3. The Morgan fingerprint density at radius 2 is 2.12 bits per heavy atom. The molecular weight excluding hydrogens is 324 g/mol. The van der Waals surface area contributed by atoms with Gasteiger partial charge in [0.15, 0.2) is 5.82 Å². The fourth-order valence-corrected chi connectivity index (χ4v) is 3.01. The molecule has 25 heavy (non-hydrogen) atoms. The molecule has 0 aromatic carbocycles. The summed E-state index contributed by atoms with van der Waals surface area (Å²) >= 11 is 0. The minimum absolute atomic E-state index is 0.0394. The first-order valence-corrected chi connectivity index (χ1v) is 8.50. The van der Waals surface area contributed by atoms with Crippen LogP contribution in [0.5, 0.6) is 0 Å². The Hall–Kier alpha value is -2.16. The normalized spacial score (nSPS) is 17.4. The molecule has 1 aromatic rings. The van der Waals surface area contributed by atoms with Crippen LogP contribution >= 0.6 is 0 Å². The summed E-state index contributed by atoms with van der Waals surface area (Å²) in [7, 11) is 6.87. The van der Waals surface area contributed by atoms with Crippen molar-refractivity contribution in [3.05, 3.63) is 12.2 Å². The average molecular weight is 352 g/mol. The van der Waals surface area contributed by atoms with Crippen LogP contribution in [0.1, 0.15) is 18.7 Å². The maximum atomic E-state index is 12.8. The number of methoxy groups -OCH3 is 1. The molecule has 0 bridgehead atoms. The number of carbonyl (C=O) groups excluding carboxylic acids is 2. The lowest BCUT2D eigenvalue weighted by Crippen LogP contribution is -2.48. The van der Waals surface area contributed by atoms with Gasteiger partial charge in [0.25, 0.3) is 0 Å². The highest BCUT2D eigenvalue weighted by molar-refractivity contribution is 5.80. The van der Waals surface area contributed by atoms with Gasteiger partial charge in [-0.05, 0) is 12.8 Å². The molecule has 0 unspecified atom stereocenters. The third-order valence-electron chi connectivity index (χ3n) is 4.41. The van der Waals surface area contributed by atoms with Gasteiger partial charge in [-0.2, -0.15) is 0 Å². The highest BCUT2D eigenvalue weighted by atomic mass is 16.5. The Kier molecular flexibility index (Phi) is 6.74. The van der Waals surface area contributed by atoms with Crippen molar-refractivity contribution in [2.24, 2.45) is 5.92 Å². The molecule has 1 aliphatic heterocycles. The number of urea groups is 1. The number of ether oxygens (including phenoxy) is 1. The molecule has 1 aliphatic rings. The standard InChI is InChI=1S/C16H28N6O3/c1-19(2)16(24)21-7-5-6-13(10-21)15(23)20(3)11-14-18-17-12-22(14)8-9-25-4/h12-13H,5-11H2,1-4H3/t13-/m0/s1. The summed E-state index contributed by atoms with van der Waals surface area (Å²) in [6, 6.07) is -0.0422. The van der Waals surface area contributed by atoms with E-state index in [1.54, 1.807) is 49.3 Å². The summed E-state index contributed by atoms with van der Waals surface area (Å²) in [5.74, 6) is 0.598. The molecule has 0 aliphatic carbocycles. The van der Waals surface area contributed by atoms with Gasteiger partial charge < -0.3 is 24.0 Å². The molecule has 0 N–H and O–H groups in total. The quantitative estimate of drug-likeness (QED) is 0.734. The molecule has 2 rings (SSSR count). The second kappa shape index (κ2) is 8.80. The number of hydrogen-bond acceptors (Lipinski definition) is 5. The van der Waals surface area contributed by atoms with E-state index in [1.165, 1.54) is 0 Å². The highest BCUT2D eigenvalue weighted by Crippen LogP contribution is 2.20. The zero-order valence-electron chi connectivity index (χ0n) is 15.5. The van der Waals surface area contributed by atoms with Gasteiger partial charge >= 0.3 is 6.03 Å². The largest absolute Gasteiger partial charge is 0.383 e. The van der Waals surface area contributed by atoms with Gasteiger partial charge in [-0.3, -0.25) is 4.79 Å². The molecule has 9 heteroatoms. The van der Waals surface area contributed by atoms with Crippen molar-refractivity contribution in [3.8, 4) is 0 Å². The zero-order valence-corrected chi connectivity index (χ0v) is 15.5. The molecule has 0 saturated carbocycles. The predicted octanol–water partition coefficient (Wildman–Crippen LogP) is 0.277. The topological polar surface area (TPSA) is 83.8 Å². The number of nitrogens with zero attached hydrogens (tertiary/aromatic N) is 6. The minimum Gasteiger partial charge on any atom is -0.383 e. The molecule has 3 amide bonds. The van der Waals surface area contributed by atoms with E-state index in [-0.39, 0.29) is 17.9 Å². The zero-order chi connectivity index (χ0) is 18.4. The number of rotatable bonds is 6. The van der Waals surface area contributed by atoms with Crippen LogP contribution < -0.4 is 0 Å². The second-order valence-corrected chi connectivity index (χ2v) is 6.59. The van der Waals surface area contributed by atoms with E-state index in [0.29, 0.717) is 32.8 Å². The van der Waals surface area contributed by atoms with Gasteiger partial charge in [-0.1, -0.05) is 0 Å². The van der Waals surface area contributed by atoms with E-state index < -0.39 is 0 Å². The van der Waals surface area contributed by atoms with Crippen LogP contribution in [0.4, 0.5) is 4.79 Å². The average Bonchev–Trinajstić information content (AvgIpc) is 3.05. The molecule has 2 heterocycles. The van der Waals surface area contributed by atoms with Crippen molar-refractivity contribution >= 4 is 11.9 Å². The lowest BCUT2D eigenvalue weighted by molar-refractivity contribution is -0.136. The Morgan fingerprint density at radius 3 is 2.80 bits per heavy atom. The molecule has 140 valence electrons. The number of piperidine rings is 1. The monoisotopic (exact) mass is 352 g/mol. The van der Waals surface area contributed by atoms with E-state index >= 15 is 0 Å². The van der Waals surface area contributed by atoms with Gasteiger partial charge in [0.1, 0.15) is 6.33 Å². The first-order chi connectivity index (χ1) is 11.9. The molecule has 1 saturated heterocycles. The summed E-state index contributed by atoms with van der Waals surface area (Å²) in [6.45, 7) is 2.77. The molecule has 1 atom stereocenters. The van der Waals surface area contributed by atoms with Gasteiger partial charge in [0, 0.05) is 47.9 Å². The third-order valence-corrected chi connectivity index (χ3v) is 4.41. The first-order valence-electron chi connectivity index (χ1n) is 8.50. The van der Waals surface area contributed by atoms with Crippen LogP contribution in [0, 0.1) is 5.92 Å². The van der Waals surface area contributed by atoms with Crippen LogP contribution in [0.3, 0.4) is 0 Å². The molecule has 9 nitrogen and oxygen atoms in total. The maximum absolute atomic E-state index is 12.8. The van der Waals surface area contributed by atoms with Crippen molar-refractivity contribution in [2.75, 3.05) is 47.9 Å². The van der Waals surface area contributed by atoms with Crippen molar-refractivity contribution in [3.63, 3.8) is 0 Å². The Balaban J connectivity index is 1.95. The van der Waals surface area contributed by atoms with Crippen LogP contribution in [0.25, 0.3) is 0 Å². The summed E-state index contributed by atoms with van der Waals surface area (Å²) in [5, 5.41) is 8.01. The smallest absolute Gasteiger partial charge is 0.319 e. The van der Waals surface area contributed by atoms with Crippen molar-refractivity contribution in [1.29, 1.82) is 0 Å². The molecule has 1 fully saturated rings. The van der Waals surface area contributed by atoms with Gasteiger partial charge in [-0.15, -0.1) is 10.2 Å². The summed E-state index contributed by atoms with van der Waals surface area (Å²) in [4.78, 5) is 29.9. The molecule has 0 radical (unpaired) electrons.